The van der Waals surface area contributed by atoms with Gasteiger partial charge < -0.3 is 20.7 Å². The summed E-state index contributed by atoms with van der Waals surface area (Å²) in [6, 6.07) is 13.3. The maximum Gasteiger partial charge on any atom is 0.323 e. The first kappa shape index (κ1) is 24.5. The van der Waals surface area contributed by atoms with Crippen LogP contribution in [0.1, 0.15) is 6.92 Å². The van der Waals surface area contributed by atoms with Crippen LogP contribution in [-0.2, 0) is 14.3 Å². The third kappa shape index (κ3) is 8.38. The van der Waals surface area contributed by atoms with Gasteiger partial charge in [-0.1, -0.05) is 17.7 Å². The first-order chi connectivity index (χ1) is 15.9. The van der Waals surface area contributed by atoms with Crippen LogP contribution in [0, 0.1) is 0 Å². The molecule has 9 nitrogen and oxygen atoms in total. The number of anilines is 3. The lowest BCUT2D eigenvalue weighted by Crippen LogP contribution is -2.49. The van der Waals surface area contributed by atoms with Gasteiger partial charge in [-0.2, -0.15) is 0 Å². The van der Waals surface area contributed by atoms with E-state index in [2.05, 4.69) is 16.0 Å². The molecule has 10 heteroatoms. The highest BCUT2D eigenvalue weighted by Gasteiger charge is 2.21. The fourth-order valence-electron chi connectivity index (χ4n) is 3.39. The van der Waals surface area contributed by atoms with Gasteiger partial charge in [0.25, 0.3) is 0 Å². The van der Waals surface area contributed by atoms with Crippen molar-refractivity contribution in [2.75, 3.05) is 61.8 Å². The third-order valence-electron chi connectivity index (χ3n) is 5.00. The average Bonchev–Trinajstić information content (AvgIpc) is 2.76. The van der Waals surface area contributed by atoms with Gasteiger partial charge >= 0.3 is 12.0 Å². The summed E-state index contributed by atoms with van der Waals surface area (Å²) in [5.74, 6) is -0.336. The second-order valence-electron chi connectivity index (χ2n) is 7.57. The van der Waals surface area contributed by atoms with Crippen LogP contribution in [0.2, 0.25) is 5.02 Å². The number of carbonyl (C=O) groups excluding carboxylic acids is 3. The number of carbonyl (C=O) groups is 3. The highest BCUT2D eigenvalue weighted by atomic mass is 35.5. The zero-order valence-corrected chi connectivity index (χ0v) is 19.2. The molecule has 2 aromatic rings. The molecule has 1 saturated heterocycles. The predicted molar refractivity (Wildman–Crippen MR) is 129 cm³/mol. The Morgan fingerprint density at radius 3 is 2.03 bits per heavy atom. The largest absolute Gasteiger partial charge is 0.465 e. The van der Waals surface area contributed by atoms with Crippen LogP contribution < -0.4 is 16.0 Å². The van der Waals surface area contributed by atoms with Crippen molar-refractivity contribution in [3.63, 3.8) is 0 Å². The number of benzene rings is 2. The average molecular weight is 474 g/mol. The maximum atomic E-state index is 12.4. The zero-order chi connectivity index (χ0) is 23.6. The highest BCUT2D eigenvalue weighted by Crippen LogP contribution is 2.17. The Kier molecular flexibility index (Phi) is 9.05. The minimum absolute atomic E-state index is 0.117. The number of hydrogen-bond donors (Lipinski definition) is 3. The molecule has 0 saturated carbocycles. The van der Waals surface area contributed by atoms with Crippen molar-refractivity contribution in [2.24, 2.45) is 0 Å². The van der Waals surface area contributed by atoms with E-state index < -0.39 is 6.03 Å². The maximum absolute atomic E-state index is 12.4. The summed E-state index contributed by atoms with van der Waals surface area (Å²) in [6.45, 7) is 5.56. The van der Waals surface area contributed by atoms with E-state index in [0.717, 1.165) is 0 Å². The zero-order valence-electron chi connectivity index (χ0n) is 18.5. The molecule has 3 rings (SSSR count). The molecule has 0 spiro atoms. The predicted octanol–water partition coefficient (Wildman–Crippen LogP) is 3.10. The van der Waals surface area contributed by atoms with Crippen LogP contribution in [0.25, 0.3) is 0 Å². The number of rotatable bonds is 8. The van der Waals surface area contributed by atoms with Crippen molar-refractivity contribution in [1.29, 1.82) is 0 Å². The number of nitrogens with zero attached hydrogens (tertiary/aromatic N) is 2. The standard InChI is InChI=1S/C23H28ClN5O4/c1-2-33-22(31)16-29-12-10-28(11-13-29)15-21(30)25-18-6-8-19(9-7-18)26-23(32)27-20-5-3-4-17(24)14-20/h3-9,14H,2,10-13,15-16H2,1H3,(H,25,30)(H2,26,27,32). The van der Waals surface area contributed by atoms with E-state index in [0.29, 0.717) is 54.9 Å². The summed E-state index contributed by atoms with van der Waals surface area (Å²) in [6.07, 6.45) is 0. The molecule has 0 bridgehead atoms. The Labute approximate surface area is 198 Å². The van der Waals surface area contributed by atoms with Gasteiger partial charge in [0.2, 0.25) is 5.91 Å². The summed E-state index contributed by atoms with van der Waals surface area (Å²) in [7, 11) is 0. The van der Waals surface area contributed by atoms with Crippen molar-refractivity contribution in [3.05, 3.63) is 53.6 Å². The van der Waals surface area contributed by atoms with Gasteiger partial charge in [0.15, 0.2) is 0 Å². The Morgan fingerprint density at radius 1 is 0.848 bits per heavy atom. The van der Waals surface area contributed by atoms with Crippen LogP contribution >= 0.6 is 11.6 Å². The van der Waals surface area contributed by atoms with Crippen molar-refractivity contribution < 1.29 is 19.1 Å². The second-order valence-corrected chi connectivity index (χ2v) is 8.01. The van der Waals surface area contributed by atoms with Crippen molar-refractivity contribution in [1.82, 2.24) is 9.80 Å². The first-order valence-electron chi connectivity index (χ1n) is 10.7. The van der Waals surface area contributed by atoms with Crippen LogP contribution in [0.3, 0.4) is 0 Å². The minimum Gasteiger partial charge on any atom is -0.465 e. The molecule has 1 fully saturated rings. The quantitative estimate of drug-likeness (QED) is 0.509. The minimum atomic E-state index is -0.392. The molecule has 176 valence electrons. The van der Waals surface area contributed by atoms with E-state index >= 15 is 0 Å². The number of piperazine rings is 1. The van der Waals surface area contributed by atoms with Gasteiger partial charge in [0, 0.05) is 48.3 Å². The number of esters is 1. The molecule has 1 aliphatic heterocycles. The molecule has 0 radical (unpaired) electrons. The smallest absolute Gasteiger partial charge is 0.323 e. The van der Waals surface area contributed by atoms with E-state index in [-0.39, 0.29) is 25.0 Å². The van der Waals surface area contributed by atoms with E-state index in [1.165, 1.54) is 0 Å². The monoisotopic (exact) mass is 473 g/mol. The molecule has 1 aliphatic rings. The fraction of sp³-hybridized carbons (Fsp3) is 0.348. The highest BCUT2D eigenvalue weighted by molar-refractivity contribution is 6.30. The summed E-state index contributed by atoms with van der Waals surface area (Å²) in [5, 5.41) is 8.83. The topological polar surface area (TPSA) is 103 Å². The van der Waals surface area contributed by atoms with Gasteiger partial charge in [-0.3, -0.25) is 19.4 Å². The molecule has 0 aliphatic carbocycles. The van der Waals surface area contributed by atoms with Gasteiger partial charge in [-0.05, 0) is 49.4 Å². The molecule has 3 amide bonds. The van der Waals surface area contributed by atoms with Gasteiger partial charge in [-0.15, -0.1) is 0 Å². The SMILES string of the molecule is CCOC(=O)CN1CCN(CC(=O)Nc2ccc(NC(=O)Nc3cccc(Cl)c3)cc2)CC1. The van der Waals surface area contributed by atoms with Gasteiger partial charge in [-0.25, -0.2) is 4.79 Å². The number of ether oxygens (including phenoxy) is 1. The van der Waals surface area contributed by atoms with Crippen molar-refractivity contribution in [3.8, 4) is 0 Å². The number of hydrogen-bond acceptors (Lipinski definition) is 6. The molecule has 33 heavy (non-hydrogen) atoms. The molecule has 3 N–H and O–H groups in total. The molecule has 2 aromatic carbocycles. The molecular formula is C23H28ClN5O4. The summed E-state index contributed by atoms with van der Waals surface area (Å²) < 4.78 is 4.97. The van der Waals surface area contributed by atoms with Crippen LogP contribution in [0.15, 0.2) is 48.5 Å². The van der Waals surface area contributed by atoms with E-state index in [4.69, 9.17) is 16.3 Å². The van der Waals surface area contributed by atoms with Crippen molar-refractivity contribution >= 4 is 46.6 Å². The molecule has 0 unspecified atom stereocenters. The number of urea groups is 1. The van der Waals surface area contributed by atoms with E-state index in [1.54, 1.807) is 55.5 Å². The van der Waals surface area contributed by atoms with Crippen LogP contribution in [0.4, 0.5) is 21.9 Å². The molecular weight excluding hydrogens is 446 g/mol. The lowest BCUT2D eigenvalue weighted by Gasteiger charge is -2.33. The number of halogens is 1. The Morgan fingerprint density at radius 2 is 1.42 bits per heavy atom. The van der Waals surface area contributed by atoms with E-state index in [9.17, 15) is 14.4 Å². The Bertz CT molecular complexity index is 962. The van der Waals surface area contributed by atoms with Crippen molar-refractivity contribution in [2.45, 2.75) is 6.92 Å². The lowest BCUT2D eigenvalue weighted by molar-refractivity contribution is -0.145. The normalized spacial score (nSPS) is 14.4. The van der Waals surface area contributed by atoms with Crippen LogP contribution in [-0.4, -0.2) is 73.6 Å². The molecule has 0 atom stereocenters. The van der Waals surface area contributed by atoms with Crippen LogP contribution in [0.5, 0.6) is 0 Å². The summed E-state index contributed by atoms with van der Waals surface area (Å²) >= 11 is 5.92. The number of nitrogens with one attached hydrogen (secondary N) is 3. The fourth-order valence-corrected chi connectivity index (χ4v) is 3.59. The lowest BCUT2D eigenvalue weighted by atomic mass is 10.2. The second kappa shape index (κ2) is 12.2. The summed E-state index contributed by atoms with van der Waals surface area (Å²) in [5.41, 5.74) is 1.82. The molecule has 1 heterocycles. The van der Waals surface area contributed by atoms with E-state index in [1.807, 2.05) is 9.80 Å². The summed E-state index contributed by atoms with van der Waals surface area (Å²) in [4.78, 5) is 40.2. The van der Waals surface area contributed by atoms with Gasteiger partial charge in [0.05, 0.1) is 19.7 Å². The third-order valence-corrected chi connectivity index (χ3v) is 5.23. The number of amides is 3. The first-order valence-corrected chi connectivity index (χ1v) is 11.1. The Balaban J connectivity index is 1.39. The molecule has 0 aromatic heterocycles. The van der Waals surface area contributed by atoms with Gasteiger partial charge in [0.1, 0.15) is 0 Å². The Hall–Kier alpha value is -3.14.